The van der Waals surface area contributed by atoms with Crippen molar-refractivity contribution >= 4 is 11.7 Å². The van der Waals surface area contributed by atoms with Crippen molar-refractivity contribution in [2.24, 2.45) is 0 Å². The molecule has 0 aromatic rings. The molecule has 4 heteroatoms. The van der Waals surface area contributed by atoms with E-state index in [-0.39, 0.29) is 23.8 Å². The van der Waals surface area contributed by atoms with Gasteiger partial charge in [-0.3, -0.25) is 9.59 Å². The number of amides is 1. The first-order valence-corrected chi connectivity index (χ1v) is 4.70. The molecule has 0 radical (unpaired) electrons. The van der Waals surface area contributed by atoms with Crippen molar-refractivity contribution in [3.05, 3.63) is 11.6 Å². The fourth-order valence-electron chi connectivity index (χ4n) is 2.04. The molecule has 0 aliphatic carbocycles. The maximum absolute atomic E-state index is 11.4. The lowest BCUT2D eigenvalue weighted by molar-refractivity contribution is -0.166. The molecule has 4 nitrogen and oxygen atoms in total. The second-order valence-corrected chi connectivity index (χ2v) is 3.68. The predicted molar refractivity (Wildman–Crippen MR) is 49.7 cm³/mol. The van der Waals surface area contributed by atoms with E-state index in [1.807, 2.05) is 6.08 Å². The van der Waals surface area contributed by atoms with Crippen LogP contribution in [-0.2, 0) is 14.3 Å². The highest BCUT2D eigenvalue weighted by Gasteiger charge is 2.47. The standard InChI is InChI=1S/C10H13NO3/c1-6(12)7-3-4-11-8(5-7)9(14-2)10(11)13/h5,8-9H,3-4H2,1-2H3/t8-,9+/m0/s1. The van der Waals surface area contributed by atoms with Gasteiger partial charge in [0.05, 0.1) is 6.04 Å². The van der Waals surface area contributed by atoms with Crippen molar-refractivity contribution in [2.45, 2.75) is 25.5 Å². The number of carbonyl (C=O) groups excluding carboxylic acids is 2. The van der Waals surface area contributed by atoms with Crippen molar-refractivity contribution in [1.82, 2.24) is 4.90 Å². The molecule has 0 bridgehead atoms. The molecule has 0 unspecified atom stereocenters. The number of hydrogen-bond acceptors (Lipinski definition) is 3. The van der Waals surface area contributed by atoms with Gasteiger partial charge in [0.25, 0.3) is 5.91 Å². The molecule has 2 heterocycles. The number of nitrogens with zero attached hydrogens (tertiary/aromatic N) is 1. The Hall–Kier alpha value is -1.16. The number of ketones is 1. The zero-order valence-corrected chi connectivity index (χ0v) is 8.32. The Morgan fingerprint density at radius 1 is 1.64 bits per heavy atom. The highest BCUT2D eigenvalue weighted by Crippen LogP contribution is 2.29. The molecular formula is C10H13NO3. The van der Waals surface area contributed by atoms with Crippen LogP contribution in [0.1, 0.15) is 13.3 Å². The molecule has 0 saturated carbocycles. The van der Waals surface area contributed by atoms with Gasteiger partial charge in [0.1, 0.15) is 0 Å². The minimum atomic E-state index is -0.371. The Kier molecular flexibility index (Phi) is 2.15. The van der Waals surface area contributed by atoms with Gasteiger partial charge in [-0.25, -0.2) is 0 Å². The number of methoxy groups -OCH3 is 1. The van der Waals surface area contributed by atoms with Gasteiger partial charge in [-0.2, -0.15) is 0 Å². The van der Waals surface area contributed by atoms with Crippen molar-refractivity contribution in [2.75, 3.05) is 13.7 Å². The van der Waals surface area contributed by atoms with E-state index in [2.05, 4.69) is 0 Å². The Labute approximate surface area is 82.5 Å². The monoisotopic (exact) mass is 195 g/mol. The van der Waals surface area contributed by atoms with Gasteiger partial charge in [0.2, 0.25) is 0 Å². The SMILES string of the molecule is CO[C@H]1C(=O)N2CCC(C(C)=O)=C[C@@H]12. The van der Waals surface area contributed by atoms with Crippen molar-refractivity contribution in [3.8, 4) is 0 Å². The second-order valence-electron chi connectivity index (χ2n) is 3.68. The lowest BCUT2D eigenvalue weighted by atomic mass is 9.89. The summed E-state index contributed by atoms with van der Waals surface area (Å²) in [5.74, 6) is 0.134. The van der Waals surface area contributed by atoms with Gasteiger partial charge in [0.15, 0.2) is 11.9 Å². The normalized spacial score (nSPS) is 30.6. The molecule has 76 valence electrons. The lowest BCUT2D eigenvalue weighted by Crippen LogP contribution is -2.66. The van der Waals surface area contributed by atoms with Crippen LogP contribution in [0.2, 0.25) is 0 Å². The molecule has 2 aliphatic heterocycles. The Morgan fingerprint density at radius 3 is 2.93 bits per heavy atom. The Morgan fingerprint density at radius 2 is 2.36 bits per heavy atom. The summed E-state index contributed by atoms with van der Waals surface area (Å²) in [6, 6.07) is -0.0138. The fourth-order valence-corrected chi connectivity index (χ4v) is 2.04. The lowest BCUT2D eigenvalue weighted by Gasteiger charge is -2.47. The Balaban J connectivity index is 2.18. The number of ether oxygens (including phenoxy) is 1. The zero-order valence-electron chi connectivity index (χ0n) is 8.32. The molecule has 2 atom stereocenters. The molecular weight excluding hydrogens is 182 g/mol. The summed E-state index contributed by atoms with van der Waals surface area (Å²) < 4.78 is 5.05. The summed E-state index contributed by atoms with van der Waals surface area (Å²) >= 11 is 0. The number of carbonyl (C=O) groups is 2. The van der Waals surface area contributed by atoms with Crippen LogP contribution in [0.25, 0.3) is 0 Å². The molecule has 2 rings (SSSR count). The number of Topliss-reactive ketones (excluding diaryl/α,β-unsaturated/α-hetero) is 1. The summed E-state index contributed by atoms with van der Waals surface area (Å²) in [4.78, 5) is 24.3. The van der Waals surface area contributed by atoms with Crippen LogP contribution in [0.4, 0.5) is 0 Å². The molecule has 14 heavy (non-hydrogen) atoms. The minimum Gasteiger partial charge on any atom is -0.369 e. The largest absolute Gasteiger partial charge is 0.369 e. The van der Waals surface area contributed by atoms with Crippen molar-refractivity contribution in [1.29, 1.82) is 0 Å². The first kappa shape index (κ1) is 9.40. The average molecular weight is 195 g/mol. The molecule has 0 aromatic heterocycles. The third-order valence-electron chi connectivity index (χ3n) is 2.90. The topological polar surface area (TPSA) is 46.6 Å². The average Bonchev–Trinajstić information content (AvgIpc) is 2.17. The van der Waals surface area contributed by atoms with Gasteiger partial charge in [-0.1, -0.05) is 6.08 Å². The molecule has 1 fully saturated rings. The number of fused-ring (bicyclic) bond motifs is 1. The van der Waals surface area contributed by atoms with Crippen molar-refractivity contribution < 1.29 is 14.3 Å². The van der Waals surface area contributed by atoms with Gasteiger partial charge in [-0.15, -0.1) is 0 Å². The van der Waals surface area contributed by atoms with Crippen LogP contribution < -0.4 is 0 Å². The molecule has 0 N–H and O–H groups in total. The number of β-lactam (4-membered cyclic amide) rings is 1. The summed E-state index contributed by atoms with van der Waals surface area (Å²) in [6.45, 7) is 2.21. The minimum absolute atomic E-state index is 0.0138. The zero-order chi connectivity index (χ0) is 10.3. The van der Waals surface area contributed by atoms with Gasteiger partial charge in [-0.05, 0) is 18.9 Å². The Bertz CT molecular complexity index is 321. The fraction of sp³-hybridized carbons (Fsp3) is 0.600. The maximum Gasteiger partial charge on any atom is 0.254 e. The highest BCUT2D eigenvalue weighted by molar-refractivity contribution is 5.96. The smallest absolute Gasteiger partial charge is 0.254 e. The van der Waals surface area contributed by atoms with E-state index in [9.17, 15) is 9.59 Å². The predicted octanol–water partition coefficient (Wildman–Crippen LogP) is 0.131. The van der Waals surface area contributed by atoms with E-state index < -0.39 is 0 Å². The highest BCUT2D eigenvalue weighted by atomic mass is 16.5. The van der Waals surface area contributed by atoms with Gasteiger partial charge >= 0.3 is 0 Å². The van der Waals surface area contributed by atoms with Crippen LogP contribution >= 0.6 is 0 Å². The van der Waals surface area contributed by atoms with Crippen LogP contribution in [-0.4, -0.2) is 42.4 Å². The number of hydrogen-bond donors (Lipinski definition) is 0. The molecule has 2 aliphatic rings. The molecule has 0 aromatic carbocycles. The molecule has 1 amide bonds. The van der Waals surface area contributed by atoms with Crippen LogP contribution in [0.5, 0.6) is 0 Å². The van der Waals surface area contributed by atoms with Crippen molar-refractivity contribution in [3.63, 3.8) is 0 Å². The van der Waals surface area contributed by atoms with E-state index in [0.717, 1.165) is 5.57 Å². The van der Waals surface area contributed by atoms with Gasteiger partial charge in [0, 0.05) is 13.7 Å². The first-order valence-electron chi connectivity index (χ1n) is 4.70. The number of rotatable bonds is 2. The maximum atomic E-state index is 11.4. The van der Waals surface area contributed by atoms with E-state index in [1.54, 1.807) is 11.8 Å². The van der Waals surface area contributed by atoms with Crippen LogP contribution in [0, 0.1) is 0 Å². The third-order valence-corrected chi connectivity index (χ3v) is 2.90. The molecule has 1 saturated heterocycles. The van der Waals surface area contributed by atoms with Crippen LogP contribution in [0.3, 0.4) is 0 Å². The quantitative estimate of drug-likeness (QED) is 0.588. The first-order chi connectivity index (χ1) is 6.65. The molecule has 0 spiro atoms. The van der Waals surface area contributed by atoms with E-state index in [0.29, 0.717) is 13.0 Å². The summed E-state index contributed by atoms with van der Waals surface area (Å²) in [5, 5.41) is 0. The third kappa shape index (κ3) is 1.18. The summed E-state index contributed by atoms with van der Waals surface area (Å²) in [7, 11) is 1.52. The van der Waals surface area contributed by atoms with E-state index in [1.165, 1.54) is 7.11 Å². The van der Waals surface area contributed by atoms with E-state index >= 15 is 0 Å². The van der Waals surface area contributed by atoms with Crippen LogP contribution in [0.15, 0.2) is 11.6 Å². The second kappa shape index (κ2) is 3.20. The van der Waals surface area contributed by atoms with E-state index in [4.69, 9.17) is 4.74 Å². The summed E-state index contributed by atoms with van der Waals surface area (Å²) in [6.07, 6.45) is 2.17. The van der Waals surface area contributed by atoms with Gasteiger partial charge < -0.3 is 9.64 Å². The summed E-state index contributed by atoms with van der Waals surface area (Å²) in [5.41, 5.74) is 0.820.